The second-order valence-corrected chi connectivity index (χ2v) is 11.3. The number of nitrogens with zero attached hydrogens (tertiary/aromatic N) is 3. The van der Waals surface area contributed by atoms with E-state index in [1.165, 1.54) is 16.8 Å². The number of aryl methyl sites for hydroxylation is 1. The molecule has 1 atom stereocenters. The van der Waals surface area contributed by atoms with E-state index in [2.05, 4.69) is 73.3 Å². The van der Waals surface area contributed by atoms with Crippen LogP contribution >= 0.6 is 0 Å². The minimum absolute atomic E-state index is 0.239. The lowest BCUT2D eigenvalue weighted by molar-refractivity contribution is -0.134. The van der Waals surface area contributed by atoms with Crippen molar-refractivity contribution in [3.05, 3.63) is 69.6 Å². The lowest BCUT2D eigenvalue weighted by atomic mass is 9.80. The number of hydrogen-bond donors (Lipinski definition) is 1. The second-order valence-electron chi connectivity index (χ2n) is 11.3. The summed E-state index contributed by atoms with van der Waals surface area (Å²) in [6.07, 6.45) is 4.99. The highest BCUT2D eigenvalue weighted by Crippen LogP contribution is 2.36. The van der Waals surface area contributed by atoms with Gasteiger partial charge in [-0.25, -0.2) is 5.48 Å². The molecule has 0 bridgehead atoms. The van der Waals surface area contributed by atoms with Gasteiger partial charge in [0.1, 0.15) is 6.54 Å². The van der Waals surface area contributed by atoms with E-state index in [0.29, 0.717) is 11.6 Å². The molecule has 39 heavy (non-hydrogen) atoms. The second kappa shape index (κ2) is 14.7. The van der Waals surface area contributed by atoms with Gasteiger partial charge in [0, 0.05) is 50.5 Å². The van der Waals surface area contributed by atoms with E-state index >= 15 is 0 Å². The number of ketones is 1. The standard InChI is InChI=1S/C32H48N4O3/c1-7-17-36(24(3)4)30-14-9-26(20-27(30)8-2)23-35-18-15-32(16-19-35,39-33-6)21-25(5)28-10-12-29(13-11-28)31(37)22-34-38/h9-14,20,24-25,33H,7-8,15-19,21-23H2,1-6H3. The van der Waals surface area contributed by atoms with Gasteiger partial charge in [-0.15, -0.1) is 0 Å². The number of benzene rings is 2. The Bertz CT molecular complexity index is 1060. The summed E-state index contributed by atoms with van der Waals surface area (Å²) < 4.78 is 0. The maximum atomic E-state index is 11.9. The molecule has 1 fully saturated rings. The van der Waals surface area contributed by atoms with Gasteiger partial charge in [0.25, 0.3) is 0 Å². The van der Waals surface area contributed by atoms with Crippen LogP contribution < -0.4 is 10.4 Å². The van der Waals surface area contributed by atoms with Gasteiger partial charge in [-0.2, -0.15) is 4.91 Å². The van der Waals surface area contributed by atoms with Gasteiger partial charge < -0.3 is 4.90 Å². The molecule has 3 rings (SSSR count). The Morgan fingerprint density at radius 3 is 2.36 bits per heavy atom. The van der Waals surface area contributed by atoms with Crippen molar-refractivity contribution in [2.75, 3.05) is 38.1 Å². The summed E-state index contributed by atoms with van der Waals surface area (Å²) in [6, 6.07) is 15.1. The zero-order valence-corrected chi connectivity index (χ0v) is 24.8. The zero-order valence-electron chi connectivity index (χ0n) is 24.8. The van der Waals surface area contributed by atoms with E-state index in [-0.39, 0.29) is 23.8 Å². The van der Waals surface area contributed by atoms with Crippen molar-refractivity contribution in [2.24, 2.45) is 5.18 Å². The first-order valence-electron chi connectivity index (χ1n) is 14.6. The largest absolute Gasteiger partial charge is 0.369 e. The predicted molar refractivity (Wildman–Crippen MR) is 160 cm³/mol. The van der Waals surface area contributed by atoms with Crippen molar-refractivity contribution in [1.29, 1.82) is 0 Å². The number of nitrogens with one attached hydrogen (secondary N) is 1. The molecule has 0 spiro atoms. The van der Waals surface area contributed by atoms with Crippen molar-refractivity contribution >= 4 is 11.5 Å². The van der Waals surface area contributed by atoms with Gasteiger partial charge in [0.2, 0.25) is 0 Å². The van der Waals surface area contributed by atoms with Gasteiger partial charge in [-0.05, 0) is 74.6 Å². The molecule has 0 aromatic heterocycles. The lowest BCUT2D eigenvalue weighted by Crippen LogP contribution is -2.48. The Hall–Kier alpha value is -2.61. The Kier molecular flexibility index (Phi) is 11.6. The molecule has 7 nitrogen and oxygen atoms in total. The fraction of sp³-hybridized carbons (Fsp3) is 0.594. The van der Waals surface area contributed by atoms with E-state index in [4.69, 9.17) is 4.84 Å². The topological polar surface area (TPSA) is 74.2 Å². The third-order valence-electron chi connectivity index (χ3n) is 8.10. The first kappa shape index (κ1) is 30.9. The van der Waals surface area contributed by atoms with Crippen LogP contribution in [0.3, 0.4) is 0 Å². The summed E-state index contributed by atoms with van der Waals surface area (Å²) in [7, 11) is 1.84. The van der Waals surface area contributed by atoms with Crippen LogP contribution in [0, 0.1) is 4.91 Å². The van der Waals surface area contributed by atoms with Crippen LogP contribution in [0.2, 0.25) is 0 Å². The van der Waals surface area contributed by atoms with Crippen LogP contribution in [-0.2, 0) is 17.8 Å². The molecule has 214 valence electrons. The molecular weight excluding hydrogens is 488 g/mol. The zero-order chi connectivity index (χ0) is 28.4. The minimum Gasteiger partial charge on any atom is -0.369 e. The Morgan fingerprint density at radius 2 is 1.79 bits per heavy atom. The average Bonchev–Trinajstić information content (AvgIpc) is 2.93. The van der Waals surface area contributed by atoms with Crippen LogP contribution in [0.4, 0.5) is 5.69 Å². The molecule has 0 saturated carbocycles. The number of rotatable bonds is 15. The first-order chi connectivity index (χ1) is 18.8. The number of carbonyl (C=O) groups is 1. The van der Waals surface area contributed by atoms with Crippen molar-refractivity contribution < 1.29 is 9.63 Å². The van der Waals surface area contributed by atoms with Crippen molar-refractivity contribution in [1.82, 2.24) is 10.4 Å². The fourth-order valence-corrected chi connectivity index (χ4v) is 5.96. The van der Waals surface area contributed by atoms with Gasteiger partial charge in [-0.3, -0.25) is 14.5 Å². The molecule has 7 heteroatoms. The molecule has 2 aromatic rings. The van der Waals surface area contributed by atoms with E-state index in [1.807, 2.05) is 19.2 Å². The molecule has 0 amide bonds. The van der Waals surface area contributed by atoms with Gasteiger partial charge >= 0.3 is 0 Å². The van der Waals surface area contributed by atoms with E-state index in [9.17, 15) is 9.70 Å². The molecule has 0 radical (unpaired) electrons. The van der Waals surface area contributed by atoms with E-state index in [1.54, 1.807) is 12.1 Å². The number of hydroxylamine groups is 1. The number of anilines is 1. The number of piperidine rings is 1. The van der Waals surface area contributed by atoms with Crippen molar-refractivity contribution in [3.8, 4) is 0 Å². The molecule has 1 aliphatic heterocycles. The van der Waals surface area contributed by atoms with Crippen LogP contribution in [0.25, 0.3) is 0 Å². The van der Waals surface area contributed by atoms with Gasteiger partial charge in [0.15, 0.2) is 5.78 Å². The summed E-state index contributed by atoms with van der Waals surface area (Å²) in [5.74, 6) is 0.0235. The Labute approximate surface area is 235 Å². The first-order valence-corrected chi connectivity index (χ1v) is 14.6. The average molecular weight is 537 g/mol. The molecule has 2 aromatic carbocycles. The number of nitroso groups, excluding NO2 is 1. The van der Waals surface area contributed by atoms with E-state index in [0.717, 1.165) is 63.8 Å². The number of Topliss-reactive ketones (excluding diaryl/α,β-unsaturated/α-hetero) is 1. The number of carbonyl (C=O) groups excluding carboxylic acids is 1. The highest BCUT2D eigenvalue weighted by atomic mass is 16.7. The molecule has 0 aliphatic carbocycles. The summed E-state index contributed by atoms with van der Waals surface area (Å²) in [4.78, 5) is 33.6. The SMILES string of the molecule is CCCN(c1ccc(CN2CCC(CC(C)c3ccc(C(=O)CN=O)cc3)(ONC)CC2)cc1CC)C(C)C. The molecular formula is C32H48N4O3. The third-order valence-corrected chi connectivity index (χ3v) is 8.10. The van der Waals surface area contributed by atoms with Crippen molar-refractivity contribution in [2.45, 2.75) is 90.8 Å². The van der Waals surface area contributed by atoms with Crippen LogP contribution in [0.1, 0.15) is 93.3 Å². The number of hydrogen-bond acceptors (Lipinski definition) is 7. The quantitative estimate of drug-likeness (QED) is 0.159. The maximum absolute atomic E-state index is 11.9. The van der Waals surface area contributed by atoms with Gasteiger partial charge in [0.05, 0.1) is 5.60 Å². The van der Waals surface area contributed by atoms with Crippen molar-refractivity contribution in [3.63, 3.8) is 0 Å². The lowest BCUT2D eigenvalue weighted by Gasteiger charge is -2.42. The molecule has 1 heterocycles. The summed E-state index contributed by atoms with van der Waals surface area (Å²) >= 11 is 0. The summed E-state index contributed by atoms with van der Waals surface area (Å²) in [5, 5.41) is 2.71. The van der Waals surface area contributed by atoms with Crippen LogP contribution in [0.15, 0.2) is 47.6 Å². The molecule has 1 aliphatic rings. The predicted octanol–water partition coefficient (Wildman–Crippen LogP) is 6.50. The highest BCUT2D eigenvalue weighted by Gasteiger charge is 2.37. The van der Waals surface area contributed by atoms with Gasteiger partial charge in [-0.1, -0.05) is 62.3 Å². The summed E-state index contributed by atoms with van der Waals surface area (Å²) in [5.41, 5.74) is 8.63. The maximum Gasteiger partial charge on any atom is 0.187 e. The minimum atomic E-state index is -0.316. The fourth-order valence-electron chi connectivity index (χ4n) is 5.96. The Balaban J connectivity index is 1.64. The van der Waals surface area contributed by atoms with Crippen LogP contribution in [-0.4, -0.2) is 55.6 Å². The molecule has 1 saturated heterocycles. The monoisotopic (exact) mass is 536 g/mol. The Morgan fingerprint density at radius 1 is 1.10 bits per heavy atom. The van der Waals surface area contributed by atoms with Crippen LogP contribution in [0.5, 0.6) is 0 Å². The molecule has 1 unspecified atom stereocenters. The number of likely N-dealkylation sites (tertiary alicyclic amines) is 1. The van der Waals surface area contributed by atoms with E-state index < -0.39 is 0 Å². The normalized spacial score (nSPS) is 16.3. The highest BCUT2D eigenvalue weighted by molar-refractivity contribution is 5.97. The smallest absolute Gasteiger partial charge is 0.187 e. The summed E-state index contributed by atoms with van der Waals surface area (Å²) in [6.45, 7) is 15.0. The third kappa shape index (κ3) is 8.19. The molecule has 1 N–H and O–H groups in total.